The Morgan fingerprint density at radius 3 is 2.54 bits per heavy atom. The van der Waals surface area contributed by atoms with Crippen molar-refractivity contribution >= 4 is 11.9 Å². The smallest absolute Gasteiger partial charge is 0.302 e. The Morgan fingerprint density at radius 1 is 1.12 bits per heavy atom. The zero-order valence-corrected chi connectivity index (χ0v) is 25.9. The van der Waals surface area contributed by atoms with E-state index in [4.69, 9.17) is 9.47 Å². The maximum absolute atomic E-state index is 13.2. The molecular weight excluding hydrogens is 512 g/mol. The summed E-state index contributed by atoms with van der Waals surface area (Å²) in [4.78, 5) is 27.8. The maximum Gasteiger partial charge on any atom is 0.302 e. The lowest BCUT2D eigenvalue weighted by Gasteiger charge is -2.53. The number of nitrogens with zero attached hydrogens (tertiary/aromatic N) is 1. The summed E-state index contributed by atoms with van der Waals surface area (Å²) in [7, 11) is 4.28. The molecule has 1 N–H and O–H groups in total. The SMILES string of the molecule is CC(=O)OC1CC2(C)C3CC4OCC5(C)C(NC(=O)c6ccccc6)CCC(=CC3=CCC2(C)C1C(C)N(C)C)C45. The summed E-state index contributed by atoms with van der Waals surface area (Å²) in [6.45, 7) is 11.7. The standard InChI is InChI=1S/C35H48N2O4/c1-21(37(6)7)30-28(41-22(2)38)19-35(5)26-18-27-31-25(17-24(26)15-16-34(30,35)4)13-14-29(33(31,3)20-40-27)36-32(39)23-11-9-8-10-12-23/h8-12,15,17,21,26-31H,13-14,16,18-20H2,1-7H3,(H,36,39). The number of hydrogen-bond acceptors (Lipinski definition) is 5. The molecule has 1 aromatic carbocycles. The fraction of sp³-hybridized carbons (Fsp3) is 0.657. The van der Waals surface area contributed by atoms with Gasteiger partial charge in [-0.2, -0.15) is 0 Å². The highest BCUT2D eigenvalue weighted by molar-refractivity contribution is 5.94. The third kappa shape index (κ3) is 4.34. The van der Waals surface area contributed by atoms with Crippen LogP contribution in [0.5, 0.6) is 0 Å². The van der Waals surface area contributed by atoms with Crippen molar-refractivity contribution in [2.75, 3.05) is 20.7 Å². The second-order valence-corrected chi connectivity index (χ2v) is 14.6. The molecule has 0 aromatic heterocycles. The lowest BCUT2D eigenvalue weighted by Crippen LogP contribution is -2.53. The van der Waals surface area contributed by atoms with Crippen LogP contribution in [0.25, 0.3) is 0 Å². The van der Waals surface area contributed by atoms with Gasteiger partial charge >= 0.3 is 5.97 Å². The van der Waals surface area contributed by atoms with Crippen molar-refractivity contribution in [3.63, 3.8) is 0 Å². The van der Waals surface area contributed by atoms with Gasteiger partial charge in [0.25, 0.3) is 5.91 Å². The number of amides is 1. The number of nitrogens with one attached hydrogen (secondary N) is 1. The van der Waals surface area contributed by atoms with Crippen molar-refractivity contribution < 1.29 is 19.1 Å². The van der Waals surface area contributed by atoms with E-state index in [1.165, 1.54) is 11.1 Å². The van der Waals surface area contributed by atoms with Gasteiger partial charge in [-0.1, -0.05) is 56.7 Å². The van der Waals surface area contributed by atoms with Crippen molar-refractivity contribution in [3.8, 4) is 0 Å². The van der Waals surface area contributed by atoms with Gasteiger partial charge in [0.15, 0.2) is 0 Å². The van der Waals surface area contributed by atoms with Crippen LogP contribution < -0.4 is 5.32 Å². The summed E-state index contributed by atoms with van der Waals surface area (Å²) in [5.41, 5.74) is 3.48. The fourth-order valence-electron chi connectivity index (χ4n) is 9.92. The minimum absolute atomic E-state index is 0.00417. The predicted molar refractivity (Wildman–Crippen MR) is 160 cm³/mol. The third-order valence-corrected chi connectivity index (χ3v) is 12.4. The molecule has 6 nitrogen and oxygen atoms in total. The van der Waals surface area contributed by atoms with Crippen molar-refractivity contribution in [2.24, 2.45) is 34.0 Å². The van der Waals surface area contributed by atoms with Crippen LogP contribution in [-0.4, -0.2) is 61.8 Å². The Balaban J connectivity index is 1.32. The number of fused-ring (bicyclic) bond motifs is 3. The monoisotopic (exact) mass is 560 g/mol. The molecule has 222 valence electrons. The number of carbonyl (C=O) groups is 2. The van der Waals surface area contributed by atoms with Crippen molar-refractivity contribution in [2.45, 2.75) is 91.0 Å². The first-order valence-electron chi connectivity index (χ1n) is 15.6. The first kappa shape index (κ1) is 28.7. The van der Waals surface area contributed by atoms with Gasteiger partial charge in [0.05, 0.1) is 12.7 Å². The Bertz CT molecular complexity index is 1270. The number of allylic oxidation sites excluding steroid dienone is 3. The van der Waals surface area contributed by atoms with Crippen LogP contribution in [-0.2, 0) is 14.3 Å². The van der Waals surface area contributed by atoms with E-state index < -0.39 is 0 Å². The van der Waals surface area contributed by atoms with Crippen LogP contribution in [0.4, 0.5) is 0 Å². The quantitative estimate of drug-likeness (QED) is 0.462. The molecule has 0 radical (unpaired) electrons. The average molecular weight is 561 g/mol. The highest BCUT2D eigenvalue weighted by atomic mass is 16.5. The Hall–Kier alpha value is -2.44. The van der Waals surface area contributed by atoms with Crippen LogP contribution in [0.2, 0.25) is 0 Å². The van der Waals surface area contributed by atoms with Gasteiger partial charge in [-0.3, -0.25) is 9.59 Å². The zero-order valence-electron chi connectivity index (χ0n) is 25.9. The molecule has 10 unspecified atom stereocenters. The Kier molecular flexibility index (Phi) is 7.05. The Morgan fingerprint density at radius 2 is 1.85 bits per heavy atom. The summed E-state index contributed by atoms with van der Waals surface area (Å²) in [5.74, 6) is 0.694. The molecule has 1 aliphatic heterocycles. The van der Waals surface area contributed by atoms with Gasteiger partial charge in [-0.15, -0.1) is 0 Å². The number of rotatable bonds is 5. The van der Waals surface area contributed by atoms with E-state index >= 15 is 0 Å². The molecule has 5 aliphatic rings. The lowest BCUT2D eigenvalue weighted by atomic mass is 9.51. The summed E-state index contributed by atoms with van der Waals surface area (Å²) >= 11 is 0. The van der Waals surface area contributed by atoms with Gasteiger partial charge in [-0.25, -0.2) is 0 Å². The molecule has 3 fully saturated rings. The zero-order chi connectivity index (χ0) is 29.3. The van der Waals surface area contributed by atoms with Gasteiger partial charge in [0.2, 0.25) is 0 Å². The van der Waals surface area contributed by atoms with E-state index in [9.17, 15) is 9.59 Å². The van der Waals surface area contributed by atoms with Crippen molar-refractivity contribution in [1.82, 2.24) is 10.2 Å². The topological polar surface area (TPSA) is 67.9 Å². The highest BCUT2D eigenvalue weighted by Gasteiger charge is 2.67. The normalized spacial score (nSPS) is 41.8. The van der Waals surface area contributed by atoms with Gasteiger partial charge in [-0.05, 0) is 87.6 Å². The summed E-state index contributed by atoms with van der Waals surface area (Å²) in [6.07, 6.45) is 9.79. The Labute approximate surface area is 245 Å². The summed E-state index contributed by atoms with van der Waals surface area (Å²) in [5, 5.41) is 3.41. The molecule has 1 saturated heterocycles. The minimum atomic E-state index is -0.183. The van der Waals surface area contributed by atoms with E-state index in [2.05, 4.69) is 64.2 Å². The first-order chi connectivity index (χ1) is 19.4. The number of esters is 1. The number of ether oxygens (including phenoxy) is 2. The molecule has 1 aromatic rings. The van der Waals surface area contributed by atoms with E-state index in [0.717, 1.165) is 32.1 Å². The largest absolute Gasteiger partial charge is 0.462 e. The maximum atomic E-state index is 13.2. The second kappa shape index (κ2) is 10.1. The lowest BCUT2D eigenvalue weighted by molar-refractivity contribution is -0.150. The van der Waals surface area contributed by atoms with Gasteiger partial charge in [0.1, 0.15) is 6.10 Å². The summed E-state index contributed by atoms with van der Waals surface area (Å²) in [6, 6.07) is 9.90. The molecule has 1 amide bonds. The molecule has 41 heavy (non-hydrogen) atoms. The number of hydrogen-bond donors (Lipinski definition) is 1. The van der Waals surface area contributed by atoms with Gasteiger partial charge < -0.3 is 19.7 Å². The molecule has 0 spiro atoms. The van der Waals surface area contributed by atoms with Crippen LogP contribution in [0.3, 0.4) is 0 Å². The van der Waals surface area contributed by atoms with E-state index in [0.29, 0.717) is 24.0 Å². The van der Waals surface area contributed by atoms with Crippen LogP contribution in [0.15, 0.2) is 53.6 Å². The number of carbonyl (C=O) groups excluding carboxylic acids is 2. The first-order valence-corrected chi connectivity index (χ1v) is 15.6. The highest BCUT2D eigenvalue weighted by Crippen LogP contribution is 2.69. The minimum Gasteiger partial charge on any atom is -0.462 e. The number of benzene rings is 1. The van der Waals surface area contributed by atoms with Crippen LogP contribution in [0, 0.1) is 34.0 Å². The van der Waals surface area contributed by atoms with Crippen LogP contribution in [0.1, 0.15) is 77.1 Å². The van der Waals surface area contributed by atoms with E-state index in [1.54, 1.807) is 6.92 Å². The molecule has 2 saturated carbocycles. The van der Waals surface area contributed by atoms with Crippen molar-refractivity contribution in [1.29, 1.82) is 0 Å². The van der Waals surface area contributed by atoms with Crippen molar-refractivity contribution in [3.05, 3.63) is 59.2 Å². The fourth-order valence-corrected chi connectivity index (χ4v) is 9.92. The van der Waals surface area contributed by atoms with Gasteiger partial charge in [0, 0.05) is 41.8 Å². The third-order valence-electron chi connectivity index (χ3n) is 12.4. The van der Waals surface area contributed by atoms with Crippen LogP contribution >= 0.6 is 0 Å². The molecule has 10 atom stereocenters. The molecule has 0 bridgehead atoms. The second-order valence-electron chi connectivity index (χ2n) is 14.6. The molecular formula is C35H48N2O4. The van der Waals surface area contributed by atoms with E-state index in [1.807, 2.05) is 30.3 Å². The molecule has 4 aliphatic carbocycles. The predicted octanol–water partition coefficient (Wildman–Crippen LogP) is 5.79. The average Bonchev–Trinajstić information content (AvgIpc) is 3.30. The molecule has 6 heteroatoms. The molecule has 1 heterocycles. The molecule has 6 rings (SSSR count). The van der Waals surface area contributed by atoms with E-state index in [-0.39, 0.29) is 58.3 Å². The summed E-state index contributed by atoms with van der Waals surface area (Å²) < 4.78 is 12.9.